The van der Waals surface area contributed by atoms with Gasteiger partial charge in [0.25, 0.3) is 0 Å². The van der Waals surface area contributed by atoms with Crippen molar-refractivity contribution in [2.75, 3.05) is 0 Å². The summed E-state index contributed by atoms with van der Waals surface area (Å²) in [6.07, 6.45) is 0. The van der Waals surface area contributed by atoms with E-state index in [-0.39, 0.29) is 0 Å². The van der Waals surface area contributed by atoms with Crippen LogP contribution in [0.1, 0.15) is 6.92 Å². The maximum atomic E-state index is 10.3. The molecule has 0 rings (SSSR count). The lowest BCUT2D eigenvalue weighted by atomic mass is 10.9. The predicted molar refractivity (Wildman–Crippen MR) is 42.8 cm³/mol. The number of rotatable bonds is 3. The fourth-order valence-electron chi connectivity index (χ4n) is 0.537. The van der Waals surface area contributed by atoms with Crippen molar-refractivity contribution >= 4 is 19.4 Å². The van der Waals surface area contributed by atoms with Gasteiger partial charge in [-0.25, -0.2) is 0 Å². The van der Waals surface area contributed by atoms with Crippen molar-refractivity contribution < 1.29 is 13.2 Å². The molecule has 0 fully saturated rings. The Kier molecular flexibility index (Phi) is 3.72. The van der Waals surface area contributed by atoms with Crippen LogP contribution in [0.4, 0.5) is 0 Å². The van der Waals surface area contributed by atoms with Crippen LogP contribution in [0.3, 0.4) is 0 Å². The molecule has 0 N–H and O–H groups in total. The summed E-state index contributed by atoms with van der Waals surface area (Å²) in [5, 5.41) is 0. The van der Waals surface area contributed by atoms with Gasteiger partial charge in [0.2, 0.25) is 0 Å². The minimum absolute atomic E-state index is 0.660. The van der Waals surface area contributed by atoms with E-state index < -0.39 is 24.8 Å². The Labute approximate surface area is 65.2 Å². The van der Waals surface area contributed by atoms with Crippen molar-refractivity contribution in [2.24, 2.45) is 0 Å². The van der Waals surface area contributed by atoms with Gasteiger partial charge in [-0.05, 0) is 37.6 Å². The van der Waals surface area contributed by atoms with Crippen molar-refractivity contribution in [3.05, 3.63) is 0 Å². The van der Waals surface area contributed by atoms with Crippen LogP contribution < -0.4 is 0 Å². The van der Waals surface area contributed by atoms with E-state index in [1.807, 2.05) is 19.6 Å². The molecule has 0 heterocycles. The van der Waals surface area contributed by atoms with Gasteiger partial charge >= 0.3 is 0 Å². The standard InChI is InChI=1S/C5H14O3SSi/c1-5(9(6)7)8-10(2,3)4/h5H,1-4H3,(H,6,7)/p-1. The normalized spacial score (nSPS) is 18.5. The van der Waals surface area contributed by atoms with Crippen LogP contribution in [-0.2, 0) is 15.5 Å². The van der Waals surface area contributed by atoms with E-state index >= 15 is 0 Å². The van der Waals surface area contributed by atoms with Crippen LogP contribution in [0.25, 0.3) is 0 Å². The minimum atomic E-state index is -2.09. The molecule has 0 aliphatic heterocycles. The molecule has 0 spiro atoms. The summed E-state index contributed by atoms with van der Waals surface area (Å²) in [7, 11) is -1.68. The van der Waals surface area contributed by atoms with E-state index in [1.54, 1.807) is 6.92 Å². The van der Waals surface area contributed by atoms with Crippen molar-refractivity contribution in [3.63, 3.8) is 0 Å². The van der Waals surface area contributed by atoms with Gasteiger partial charge in [0.05, 0.1) is 0 Å². The van der Waals surface area contributed by atoms with Gasteiger partial charge in [-0.1, -0.05) is 0 Å². The van der Waals surface area contributed by atoms with E-state index in [0.717, 1.165) is 0 Å². The monoisotopic (exact) mass is 181 g/mol. The third kappa shape index (κ3) is 5.10. The maximum Gasteiger partial charge on any atom is 0.185 e. The highest BCUT2D eigenvalue weighted by molar-refractivity contribution is 7.79. The largest absolute Gasteiger partial charge is 0.770 e. The number of hydrogen-bond acceptors (Lipinski definition) is 3. The second-order valence-corrected chi connectivity index (χ2v) is 8.70. The van der Waals surface area contributed by atoms with Gasteiger partial charge in [-0.2, -0.15) is 0 Å². The van der Waals surface area contributed by atoms with E-state index in [0.29, 0.717) is 0 Å². The quantitative estimate of drug-likeness (QED) is 0.483. The molecule has 2 atom stereocenters. The van der Waals surface area contributed by atoms with Crippen LogP contribution in [0, 0.1) is 0 Å². The summed E-state index contributed by atoms with van der Waals surface area (Å²) < 4.78 is 25.8. The molecule has 3 nitrogen and oxygen atoms in total. The zero-order valence-corrected chi connectivity index (χ0v) is 8.53. The molecule has 0 aromatic rings. The molecule has 5 heteroatoms. The Bertz CT molecular complexity index is 131. The van der Waals surface area contributed by atoms with Gasteiger partial charge in [-0.3, -0.25) is 4.21 Å². The molecule has 0 aromatic heterocycles. The fraction of sp³-hybridized carbons (Fsp3) is 1.00. The SMILES string of the molecule is CC(O[Si](C)(C)C)S(=O)[O-]. The average molecular weight is 181 g/mol. The topological polar surface area (TPSA) is 49.4 Å². The second kappa shape index (κ2) is 3.61. The van der Waals surface area contributed by atoms with Crippen molar-refractivity contribution in [2.45, 2.75) is 32.0 Å². The van der Waals surface area contributed by atoms with Crippen LogP contribution in [-0.4, -0.2) is 22.5 Å². The molecule has 10 heavy (non-hydrogen) atoms. The fourth-order valence-corrected chi connectivity index (χ4v) is 2.71. The first-order chi connectivity index (χ1) is 4.33. The average Bonchev–Trinajstić information content (AvgIpc) is 1.60. The van der Waals surface area contributed by atoms with E-state index in [1.165, 1.54) is 0 Å². The predicted octanol–water partition coefficient (Wildman–Crippen LogP) is 1.06. The molecule has 0 saturated heterocycles. The highest BCUT2D eigenvalue weighted by Gasteiger charge is 2.18. The van der Waals surface area contributed by atoms with Crippen molar-refractivity contribution in [1.82, 2.24) is 0 Å². The summed E-state index contributed by atoms with van der Waals surface area (Å²) in [4.78, 5) is 0. The first-order valence-corrected chi connectivity index (χ1v) is 7.63. The van der Waals surface area contributed by atoms with Crippen molar-refractivity contribution in [3.8, 4) is 0 Å². The smallest absolute Gasteiger partial charge is 0.185 e. The van der Waals surface area contributed by atoms with Gasteiger partial charge in [0, 0.05) is 0 Å². The zero-order valence-electron chi connectivity index (χ0n) is 6.71. The lowest BCUT2D eigenvalue weighted by molar-refractivity contribution is 0.280. The summed E-state index contributed by atoms with van der Waals surface area (Å²) in [6, 6.07) is 0. The third-order valence-electron chi connectivity index (χ3n) is 0.791. The Balaban J connectivity index is 3.80. The van der Waals surface area contributed by atoms with Crippen LogP contribution in [0.2, 0.25) is 19.6 Å². The van der Waals surface area contributed by atoms with Crippen LogP contribution >= 0.6 is 0 Å². The summed E-state index contributed by atoms with van der Waals surface area (Å²) in [6.45, 7) is 7.41. The summed E-state index contributed by atoms with van der Waals surface area (Å²) in [5.41, 5.74) is -0.660. The maximum absolute atomic E-state index is 10.3. The molecule has 0 aromatic carbocycles. The molecule has 0 aliphatic rings. The number of hydrogen-bond donors (Lipinski definition) is 0. The van der Waals surface area contributed by atoms with Gasteiger partial charge < -0.3 is 8.98 Å². The lowest BCUT2D eigenvalue weighted by Crippen LogP contribution is -2.32. The van der Waals surface area contributed by atoms with E-state index in [4.69, 9.17) is 4.43 Å². The van der Waals surface area contributed by atoms with Gasteiger partial charge in [0.15, 0.2) is 8.32 Å². The summed E-state index contributed by atoms with van der Waals surface area (Å²) in [5.74, 6) is 0. The second-order valence-electron chi connectivity index (χ2n) is 3.06. The molecule has 62 valence electrons. The molecular formula is C5H13O3SSi-. The highest BCUT2D eigenvalue weighted by Crippen LogP contribution is 2.08. The molecule has 0 saturated carbocycles. The molecule has 0 aliphatic carbocycles. The van der Waals surface area contributed by atoms with Crippen molar-refractivity contribution in [1.29, 1.82) is 0 Å². The Morgan fingerprint density at radius 1 is 1.50 bits per heavy atom. The zero-order chi connectivity index (χ0) is 8.36. The summed E-state index contributed by atoms with van der Waals surface area (Å²) >= 11 is -2.09. The molecule has 0 radical (unpaired) electrons. The molecule has 0 amide bonds. The highest BCUT2D eigenvalue weighted by atomic mass is 32.2. The Morgan fingerprint density at radius 2 is 1.90 bits per heavy atom. The first kappa shape index (κ1) is 10.3. The molecule has 2 unspecified atom stereocenters. The molecular weight excluding hydrogens is 168 g/mol. The minimum Gasteiger partial charge on any atom is -0.770 e. The van der Waals surface area contributed by atoms with Crippen LogP contribution in [0.5, 0.6) is 0 Å². The Morgan fingerprint density at radius 3 is 2.00 bits per heavy atom. The van der Waals surface area contributed by atoms with Crippen LogP contribution in [0.15, 0.2) is 0 Å². The van der Waals surface area contributed by atoms with Gasteiger partial charge in [-0.15, -0.1) is 0 Å². The van der Waals surface area contributed by atoms with Gasteiger partial charge in [0.1, 0.15) is 5.44 Å². The van der Waals surface area contributed by atoms with E-state index in [9.17, 15) is 8.76 Å². The molecule has 0 bridgehead atoms. The van der Waals surface area contributed by atoms with E-state index in [2.05, 4.69) is 0 Å². The Hall–Kier alpha value is 0.287. The third-order valence-corrected chi connectivity index (χ3v) is 2.66. The first-order valence-electron chi connectivity index (χ1n) is 3.09. The lowest BCUT2D eigenvalue weighted by Gasteiger charge is -2.24.